The van der Waals surface area contributed by atoms with E-state index in [1.165, 1.54) is 19.1 Å². The third kappa shape index (κ3) is 5.23. The van der Waals surface area contributed by atoms with Crippen LogP contribution in [0.25, 0.3) is 11.3 Å². The molecule has 2 aromatic carbocycles. The summed E-state index contributed by atoms with van der Waals surface area (Å²) >= 11 is 0. The van der Waals surface area contributed by atoms with E-state index in [0.29, 0.717) is 23.5 Å². The van der Waals surface area contributed by atoms with Gasteiger partial charge in [-0.15, -0.1) is 0 Å². The lowest BCUT2D eigenvalue weighted by atomic mass is 10.0. The van der Waals surface area contributed by atoms with Crippen LogP contribution in [-0.2, 0) is 28.7 Å². The van der Waals surface area contributed by atoms with Gasteiger partial charge in [-0.05, 0) is 67.6 Å². The van der Waals surface area contributed by atoms with Gasteiger partial charge in [-0.1, -0.05) is 24.3 Å². The average Bonchev–Trinajstić information content (AvgIpc) is 3.05. The molecular weight excluding hydrogens is 397 g/mol. The number of benzene rings is 2. The van der Waals surface area contributed by atoms with Crippen molar-refractivity contribution in [3.05, 3.63) is 76.5 Å². The highest BCUT2D eigenvalue weighted by molar-refractivity contribution is 5.65. The highest BCUT2D eigenvalue weighted by Gasteiger charge is 2.30. The second kappa shape index (κ2) is 8.65. The molecule has 7 heteroatoms. The van der Waals surface area contributed by atoms with Crippen molar-refractivity contribution < 1.29 is 32.2 Å². The minimum Gasteiger partial charge on any atom is -0.461 e. The Morgan fingerprint density at radius 1 is 1.00 bits per heavy atom. The molecule has 30 heavy (non-hydrogen) atoms. The van der Waals surface area contributed by atoms with Crippen LogP contribution in [0.4, 0.5) is 13.2 Å². The van der Waals surface area contributed by atoms with E-state index in [-0.39, 0.29) is 0 Å². The van der Waals surface area contributed by atoms with Gasteiger partial charge in [0.15, 0.2) is 5.75 Å². The fourth-order valence-corrected chi connectivity index (χ4v) is 3.08. The smallest absolute Gasteiger partial charge is 0.416 e. The normalized spacial score (nSPS) is 11.4. The predicted molar refractivity (Wildman–Crippen MR) is 105 cm³/mol. The van der Waals surface area contributed by atoms with Crippen molar-refractivity contribution in [1.82, 2.24) is 0 Å². The number of carbonyl (C=O) groups is 1. The molecule has 0 aliphatic heterocycles. The number of halogens is 3. The fraction of sp³-hybridized carbons (Fsp3) is 0.261. The van der Waals surface area contributed by atoms with E-state index in [4.69, 9.17) is 9.30 Å². The van der Waals surface area contributed by atoms with Crippen LogP contribution in [0.1, 0.15) is 34.9 Å². The number of rotatable bonds is 6. The topological polar surface area (TPSA) is 48.7 Å². The molecule has 0 aliphatic carbocycles. The Morgan fingerprint density at radius 2 is 1.70 bits per heavy atom. The molecule has 0 saturated carbocycles. The van der Waals surface area contributed by atoms with Gasteiger partial charge in [0.2, 0.25) is 0 Å². The minimum atomic E-state index is -4.36. The summed E-state index contributed by atoms with van der Waals surface area (Å²) in [6.45, 7) is 4.95. The van der Waals surface area contributed by atoms with Gasteiger partial charge < -0.3 is 4.42 Å². The first kappa shape index (κ1) is 21.5. The standard InChI is InChI=1S/C23H21F3O4/c1-14-12-17(5-11-21(14)30-29-16(3)27)4-6-19-13-22(28-15(19)2)18-7-9-20(10-8-18)23(24,25)26/h5,7-13H,4,6H2,1-3H3. The first-order valence-electron chi connectivity index (χ1n) is 9.35. The fourth-order valence-electron chi connectivity index (χ4n) is 3.08. The van der Waals surface area contributed by atoms with Crippen LogP contribution in [-0.4, -0.2) is 5.97 Å². The lowest BCUT2D eigenvalue weighted by Crippen LogP contribution is -2.04. The van der Waals surface area contributed by atoms with Crippen molar-refractivity contribution in [1.29, 1.82) is 0 Å². The number of furan rings is 1. The quantitative estimate of drug-likeness (QED) is 0.352. The summed E-state index contributed by atoms with van der Waals surface area (Å²) < 4.78 is 44.0. The first-order valence-corrected chi connectivity index (χ1v) is 9.35. The molecule has 0 unspecified atom stereocenters. The summed E-state index contributed by atoms with van der Waals surface area (Å²) in [7, 11) is 0. The molecule has 0 radical (unpaired) electrons. The van der Waals surface area contributed by atoms with Gasteiger partial charge in [0, 0.05) is 12.5 Å². The maximum atomic E-state index is 12.7. The van der Waals surface area contributed by atoms with Crippen molar-refractivity contribution in [2.45, 2.75) is 39.8 Å². The molecule has 1 aromatic heterocycles. The molecule has 0 spiro atoms. The van der Waals surface area contributed by atoms with Gasteiger partial charge in [0.05, 0.1) is 5.56 Å². The Morgan fingerprint density at radius 3 is 2.30 bits per heavy atom. The number of hydrogen-bond donors (Lipinski definition) is 0. The molecule has 3 rings (SSSR count). The lowest BCUT2D eigenvalue weighted by Gasteiger charge is -2.08. The van der Waals surface area contributed by atoms with Crippen LogP contribution in [0, 0.1) is 13.8 Å². The van der Waals surface area contributed by atoms with Crippen molar-refractivity contribution in [3.8, 4) is 17.1 Å². The molecule has 158 valence electrons. The highest BCUT2D eigenvalue weighted by Crippen LogP contribution is 2.32. The van der Waals surface area contributed by atoms with E-state index in [0.717, 1.165) is 41.0 Å². The molecule has 0 N–H and O–H groups in total. The van der Waals surface area contributed by atoms with E-state index in [9.17, 15) is 18.0 Å². The molecule has 3 aromatic rings. The molecule has 0 bridgehead atoms. The van der Waals surface area contributed by atoms with E-state index in [2.05, 4.69) is 4.89 Å². The molecule has 0 saturated heterocycles. The van der Waals surface area contributed by atoms with Crippen LogP contribution in [0.2, 0.25) is 0 Å². The number of aryl methyl sites for hydroxylation is 4. The van der Waals surface area contributed by atoms with Crippen LogP contribution < -0.4 is 4.89 Å². The van der Waals surface area contributed by atoms with Gasteiger partial charge in [-0.25, -0.2) is 4.79 Å². The van der Waals surface area contributed by atoms with Crippen LogP contribution >= 0.6 is 0 Å². The molecule has 1 heterocycles. The van der Waals surface area contributed by atoms with E-state index >= 15 is 0 Å². The third-order valence-corrected chi connectivity index (χ3v) is 4.69. The molecule has 0 amide bonds. The summed E-state index contributed by atoms with van der Waals surface area (Å²) in [4.78, 5) is 20.4. The lowest BCUT2D eigenvalue weighted by molar-refractivity contribution is -0.211. The van der Waals surface area contributed by atoms with Crippen molar-refractivity contribution >= 4 is 5.97 Å². The number of alkyl halides is 3. The SMILES string of the molecule is CC(=O)OOc1ccc(CCc2cc(-c3ccc(C(F)(F)F)cc3)oc2C)cc1C. The van der Waals surface area contributed by atoms with Gasteiger partial charge in [0.1, 0.15) is 11.5 Å². The van der Waals surface area contributed by atoms with Crippen LogP contribution in [0.5, 0.6) is 5.75 Å². The van der Waals surface area contributed by atoms with Gasteiger partial charge in [-0.2, -0.15) is 13.2 Å². The molecule has 0 aliphatic rings. The largest absolute Gasteiger partial charge is 0.461 e. The monoisotopic (exact) mass is 418 g/mol. The second-order valence-electron chi connectivity index (χ2n) is 7.03. The average molecular weight is 418 g/mol. The first-order chi connectivity index (χ1) is 14.1. The molecule has 4 nitrogen and oxygen atoms in total. The maximum Gasteiger partial charge on any atom is 0.416 e. The third-order valence-electron chi connectivity index (χ3n) is 4.69. The predicted octanol–water partition coefficient (Wildman–Crippen LogP) is 6.22. The van der Waals surface area contributed by atoms with Gasteiger partial charge in [-0.3, -0.25) is 9.78 Å². The van der Waals surface area contributed by atoms with Crippen molar-refractivity contribution in [3.63, 3.8) is 0 Å². The highest BCUT2D eigenvalue weighted by atomic mass is 19.4. The second-order valence-corrected chi connectivity index (χ2v) is 7.03. The molecule has 0 fully saturated rings. The molecular formula is C23H21F3O4. The summed E-state index contributed by atoms with van der Waals surface area (Å²) in [5.41, 5.74) is 2.80. The summed E-state index contributed by atoms with van der Waals surface area (Å²) in [6, 6.07) is 12.4. The zero-order chi connectivity index (χ0) is 21.9. The van der Waals surface area contributed by atoms with E-state index < -0.39 is 17.7 Å². The van der Waals surface area contributed by atoms with Crippen molar-refractivity contribution in [2.75, 3.05) is 0 Å². The van der Waals surface area contributed by atoms with Gasteiger partial charge >= 0.3 is 12.1 Å². The summed E-state index contributed by atoms with van der Waals surface area (Å²) in [6.07, 6.45) is -2.92. The maximum absolute atomic E-state index is 12.7. The Kier molecular flexibility index (Phi) is 6.20. The minimum absolute atomic E-state index is 0.470. The van der Waals surface area contributed by atoms with E-state index in [1.807, 2.05) is 32.0 Å². The van der Waals surface area contributed by atoms with E-state index in [1.54, 1.807) is 6.07 Å². The van der Waals surface area contributed by atoms with Gasteiger partial charge in [0.25, 0.3) is 0 Å². The van der Waals surface area contributed by atoms with Crippen LogP contribution in [0.3, 0.4) is 0 Å². The zero-order valence-corrected chi connectivity index (χ0v) is 16.8. The number of carbonyl (C=O) groups excluding carboxylic acids is 1. The Labute approximate surface area is 172 Å². The Hall–Kier alpha value is -3.22. The van der Waals surface area contributed by atoms with Crippen molar-refractivity contribution in [2.24, 2.45) is 0 Å². The molecule has 0 atom stereocenters. The zero-order valence-electron chi connectivity index (χ0n) is 16.8. The Balaban J connectivity index is 1.68. The Bertz CT molecular complexity index is 1030. The summed E-state index contributed by atoms with van der Waals surface area (Å²) in [5, 5.41) is 0. The number of hydrogen-bond acceptors (Lipinski definition) is 4. The summed E-state index contributed by atoms with van der Waals surface area (Å²) in [5.74, 6) is 1.21. The van der Waals surface area contributed by atoms with Crippen LogP contribution in [0.15, 0.2) is 52.9 Å².